The van der Waals surface area contributed by atoms with E-state index in [1.54, 1.807) is 24.3 Å². The summed E-state index contributed by atoms with van der Waals surface area (Å²) in [4.78, 5) is 28.8. The van der Waals surface area contributed by atoms with Crippen molar-refractivity contribution in [2.45, 2.75) is 12.6 Å². The van der Waals surface area contributed by atoms with Gasteiger partial charge in [0.25, 0.3) is 5.91 Å². The summed E-state index contributed by atoms with van der Waals surface area (Å²) >= 11 is 7.08. The summed E-state index contributed by atoms with van der Waals surface area (Å²) in [6, 6.07) is 11.5. The fourth-order valence-corrected chi connectivity index (χ4v) is 3.65. The van der Waals surface area contributed by atoms with Gasteiger partial charge < -0.3 is 10.6 Å². The molecule has 0 unspecified atom stereocenters. The maximum atomic E-state index is 12.8. The number of hydrogen-bond acceptors (Lipinski definition) is 4. The van der Waals surface area contributed by atoms with Crippen LogP contribution in [-0.4, -0.2) is 23.3 Å². The minimum absolute atomic E-state index is 0.251. The van der Waals surface area contributed by atoms with Crippen LogP contribution in [0.25, 0.3) is 0 Å². The normalized spacial score (nSPS) is 11.2. The van der Waals surface area contributed by atoms with E-state index in [9.17, 15) is 22.8 Å². The number of aromatic nitrogens is 1. The van der Waals surface area contributed by atoms with Crippen molar-refractivity contribution in [2.24, 2.45) is 0 Å². The zero-order chi connectivity index (χ0) is 21.7. The van der Waals surface area contributed by atoms with E-state index in [1.807, 2.05) is 0 Å². The van der Waals surface area contributed by atoms with Crippen LogP contribution in [0.3, 0.4) is 0 Å². The second-order valence-corrected chi connectivity index (χ2v) is 7.74. The summed E-state index contributed by atoms with van der Waals surface area (Å²) in [6.07, 6.45) is -2.67. The molecule has 0 aliphatic heterocycles. The third-order valence-corrected chi connectivity index (χ3v) is 5.20. The number of carbonyl (C=O) groups excluding carboxylic acids is 2. The molecule has 1 aromatic heterocycles. The number of amides is 2. The Morgan fingerprint density at radius 1 is 1.10 bits per heavy atom. The maximum Gasteiger partial charge on any atom is 0.416 e. The molecule has 2 amide bonds. The first kappa shape index (κ1) is 21.8. The lowest BCUT2D eigenvalue weighted by Crippen LogP contribution is -2.32. The average molecular weight is 454 g/mol. The van der Waals surface area contributed by atoms with E-state index in [0.29, 0.717) is 10.4 Å². The van der Waals surface area contributed by atoms with Crippen LogP contribution in [0.1, 0.15) is 26.4 Å². The van der Waals surface area contributed by atoms with E-state index in [1.165, 1.54) is 18.3 Å². The van der Waals surface area contributed by atoms with Crippen molar-refractivity contribution in [1.82, 2.24) is 10.3 Å². The SMILES string of the molecule is O=C(CNC(=O)c1ccccc1Cl)Nc1ncc(Cc2cccc(C(F)(F)F)c2)s1. The van der Waals surface area contributed by atoms with Crippen molar-refractivity contribution < 1.29 is 22.8 Å². The van der Waals surface area contributed by atoms with Gasteiger partial charge in [-0.05, 0) is 23.8 Å². The molecule has 0 spiro atoms. The highest BCUT2D eigenvalue weighted by Gasteiger charge is 2.30. The quantitative estimate of drug-likeness (QED) is 0.564. The largest absolute Gasteiger partial charge is 0.416 e. The average Bonchev–Trinajstić information content (AvgIpc) is 3.12. The van der Waals surface area contributed by atoms with Crippen LogP contribution < -0.4 is 10.6 Å². The van der Waals surface area contributed by atoms with Crippen LogP contribution >= 0.6 is 22.9 Å². The first-order chi connectivity index (χ1) is 14.2. The molecule has 0 aliphatic carbocycles. The Hall–Kier alpha value is -2.91. The van der Waals surface area contributed by atoms with Gasteiger partial charge in [-0.15, -0.1) is 11.3 Å². The molecule has 10 heteroatoms. The number of nitrogens with one attached hydrogen (secondary N) is 2. The molecule has 2 aromatic carbocycles. The highest BCUT2D eigenvalue weighted by atomic mass is 35.5. The van der Waals surface area contributed by atoms with Crippen LogP contribution in [0.15, 0.2) is 54.7 Å². The lowest BCUT2D eigenvalue weighted by molar-refractivity contribution is -0.137. The van der Waals surface area contributed by atoms with Gasteiger partial charge in [-0.2, -0.15) is 13.2 Å². The highest BCUT2D eigenvalue weighted by Crippen LogP contribution is 2.30. The first-order valence-corrected chi connectivity index (χ1v) is 9.85. The summed E-state index contributed by atoms with van der Waals surface area (Å²) in [7, 11) is 0. The van der Waals surface area contributed by atoms with E-state index in [2.05, 4.69) is 15.6 Å². The lowest BCUT2D eigenvalue weighted by atomic mass is 10.1. The van der Waals surface area contributed by atoms with Gasteiger partial charge in [-0.1, -0.05) is 41.9 Å². The summed E-state index contributed by atoms with van der Waals surface area (Å²) in [5.41, 5.74) is 0.0234. The molecule has 0 aliphatic rings. The molecule has 156 valence electrons. The standard InChI is InChI=1S/C20H15ClF3N3O2S/c21-16-7-2-1-6-15(16)18(29)25-11-17(28)27-19-26-10-14(30-19)9-12-4-3-5-13(8-12)20(22,23)24/h1-8,10H,9,11H2,(H,25,29)(H,26,27,28). The third kappa shape index (κ3) is 5.80. The van der Waals surface area contributed by atoms with Crippen molar-refractivity contribution in [2.75, 3.05) is 11.9 Å². The molecule has 0 bridgehead atoms. The molecule has 3 rings (SSSR count). The molecule has 5 nitrogen and oxygen atoms in total. The van der Waals surface area contributed by atoms with E-state index in [-0.39, 0.29) is 28.7 Å². The Balaban J connectivity index is 1.55. The Morgan fingerprint density at radius 2 is 1.87 bits per heavy atom. The third-order valence-electron chi connectivity index (χ3n) is 3.96. The molecule has 0 atom stereocenters. The first-order valence-electron chi connectivity index (χ1n) is 8.66. The van der Waals surface area contributed by atoms with Gasteiger partial charge in [0.05, 0.1) is 22.7 Å². The molecule has 3 aromatic rings. The Labute approximate surface area is 178 Å². The predicted molar refractivity (Wildman–Crippen MR) is 109 cm³/mol. The maximum absolute atomic E-state index is 12.8. The van der Waals surface area contributed by atoms with Crippen molar-refractivity contribution in [3.8, 4) is 0 Å². The van der Waals surface area contributed by atoms with Gasteiger partial charge in [0, 0.05) is 17.5 Å². The van der Waals surface area contributed by atoms with Crippen molar-refractivity contribution >= 4 is 39.9 Å². The number of anilines is 1. The summed E-state index contributed by atoms with van der Waals surface area (Å²) in [5.74, 6) is -0.976. The fourth-order valence-electron chi connectivity index (χ4n) is 2.57. The van der Waals surface area contributed by atoms with Gasteiger partial charge in [0.1, 0.15) is 0 Å². The number of hydrogen-bond donors (Lipinski definition) is 2. The van der Waals surface area contributed by atoms with E-state index in [0.717, 1.165) is 23.5 Å². The van der Waals surface area contributed by atoms with E-state index in [4.69, 9.17) is 11.6 Å². The molecule has 0 radical (unpaired) electrons. The number of thiazole rings is 1. The lowest BCUT2D eigenvalue weighted by Gasteiger charge is -2.08. The van der Waals surface area contributed by atoms with Gasteiger partial charge in [-0.25, -0.2) is 4.98 Å². The van der Waals surface area contributed by atoms with Crippen LogP contribution in [-0.2, 0) is 17.4 Å². The topological polar surface area (TPSA) is 71.1 Å². The number of alkyl halides is 3. The van der Waals surface area contributed by atoms with Crippen LogP contribution in [0.2, 0.25) is 5.02 Å². The Bertz CT molecular complexity index is 1070. The number of carbonyl (C=O) groups is 2. The molecule has 1 heterocycles. The molecule has 2 N–H and O–H groups in total. The Morgan fingerprint density at radius 3 is 2.60 bits per heavy atom. The monoisotopic (exact) mass is 453 g/mol. The minimum Gasteiger partial charge on any atom is -0.343 e. The molecule has 0 saturated heterocycles. The molecule has 0 fully saturated rings. The van der Waals surface area contributed by atoms with Crippen molar-refractivity contribution in [3.63, 3.8) is 0 Å². The van der Waals surface area contributed by atoms with E-state index >= 15 is 0 Å². The zero-order valence-electron chi connectivity index (χ0n) is 15.3. The van der Waals surface area contributed by atoms with Crippen LogP contribution in [0, 0.1) is 0 Å². The molecule has 30 heavy (non-hydrogen) atoms. The number of rotatable bonds is 6. The molecule has 0 saturated carbocycles. The second kappa shape index (κ2) is 9.27. The smallest absolute Gasteiger partial charge is 0.343 e. The van der Waals surface area contributed by atoms with Gasteiger partial charge in [0.2, 0.25) is 5.91 Å². The van der Waals surface area contributed by atoms with Crippen LogP contribution in [0.4, 0.5) is 18.3 Å². The summed E-state index contributed by atoms with van der Waals surface area (Å²) in [5, 5.41) is 5.57. The van der Waals surface area contributed by atoms with Crippen LogP contribution in [0.5, 0.6) is 0 Å². The van der Waals surface area contributed by atoms with Gasteiger partial charge in [0.15, 0.2) is 5.13 Å². The van der Waals surface area contributed by atoms with Gasteiger partial charge in [-0.3, -0.25) is 9.59 Å². The van der Waals surface area contributed by atoms with Gasteiger partial charge >= 0.3 is 6.18 Å². The van der Waals surface area contributed by atoms with Crippen molar-refractivity contribution in [3.05, 3.63) is 81.3 Å². The molecular formula is C20H15ClF3N3O2S. The number of nitrogens with zero attached hydrogens (tertiary/aromatic N) is 1. The highest BCUT2D eigenvalue weighted by molar-refractivity contribution is 7.15. The number of benzene rings is 2. The fraction of sp³-hybridized carbons (Fsp3) is 0.150. The summed E-state index contributed by atoms with van der Waals surface area (Å²) < 4.78 is 38.5. The predicted octanol–water partition coefficient (Wildman–Crippen LogP) is 4.77. The molecular weight excluding hydrogens is 439 g/mol. The number of halogens is 4. The van der Waals surface area contributed by atoms with E-state index < -0.39 is 23.6 Å². The summed E-state index contributed by atoms with van der Waals surface area (Å²) in [6.45, 7) is -0.285. The Kier molecular flexibility index (Phi) is 6.73. The zero-order valence-corrected chi connectivity index (χ0v) is 16.9. The second-order valence-electron chi connectivity index (χ2n) is 6.22. The minimum atomic E-state index is -4.41. The van der Waals surface area contributed by atoms with Crippen molar-refractivity contribution in [1.29, 1.82) is 0 Å².